The fraction of sp³-hybridized carbons (Fsp3) is 0.667. The molecule has 3 nitrogen and oxygen atoms in total. The molecule has 0 saturated carbocycles. The first-order chi connectivity index (χ1) is 5.90. The highest BCUT2D eigenvalue weighted by molar-refractivity contribution is 5.15. The van der Waals surface area contributed by atoms with Gasteiger partial charge in [-0.25, -0.2) is 4.98 Å². The normalized spacial score (nSPS) is 15.1. The summed E-state index contributed by atoms with van der Waals surface area (Å²) in [7, 11) is 0. The first-order valence-electron chi connectivity index (χ1n) is 4.48. The number of rotatable bonds is 3. The summed E-state index contributed by atoms with van der Waals surface area (Å²) in [5.74, 6) is 1.87. The first-order valence-corrected chi connectivity index (χ1v) is 4.48. The largest absolute Gasteiger partial charge is 0.445 e. The van der Waals surface area contributed by atoms with Gasteiger partial charge in [0.25, 0.3) is 0 Å². The summed E-state index contributed by atoms with van der Waals surface area (Å²) in [4.78, 5) is 4.35. The van der Waals surface area contributed by atoms with Crippen LogP contribution in [0.3, 0.4) is 0 Å². The molecule has 1 aliphatic rings. The van der Waals surface area contributed by atoms with Gasteiger partial charge in [-0.2, -0.15) is 0 Å². The molecule has 0 aliphatic heterocycles. The number of nitrogens with zero attached hydrogens (tertiary/aromatic N) is 1. The molecule has 0 saturated heterocycles. The topological polar surface area (TPSA) is 46.3 Å². The van der Waals surface area contributed by atoms with Crippen molar-refractivity contribution in [1.29, 1.82) is 0 Å². The van der Waals surface area contributed by atoms with E-state index in [2.05, 4.69) is 4.98 Å². The third kappa shape index (κ3) is 1.37. The van der Waals surface area contributed by atoms with E-state index in [9.17, 15) is 0 Å². The fourth-order valence-electron chi connectivity index (χ4n) is 1.58. The van der Waals surface area contributed by atoms with Crippen LogP contribution in [-0.2, 0) is 19.3 Å². The van der Waals surface area contributed by atoms with Crippen molar-refractivity contribution in [2.24, 2.45) is 0 Å². The molecule has 0 aromatic carbocycles. The minimum atomic E-state index is 0.215. The van der Waals surface area contributed by atoms with E-state index in [1.165, 1.54) is 6.42 Å². The van der Waals surface area contributed by atoms with Crippen LogP contribution in [0.15, 0.2) is 4.42 Å². The summed E-state index contributed by atoms with van der Waals surface area (Å²) in [6.45, 7) is 0.215. The molecular formula is C9H13NO2. The summed E-state index contributed by atoms with van der Waals surface area (Å²) in [6.07, 6.45) is 4.81. The quantitative estimate of drug-likeness (QED) is 0.733. The van der Waals surface area contributed by atoms with E-state index < -0.39 is 0 Å². The molecule has 2 rings (SSSR count). The minimum absolute atomic E-state index is 0.215. The van der Waals surface area contributed by atoms with Gasteiger partial charge in [0.05, 0.1) is 5.69 Å². The van der Waals surface area contributed by atoms with Gasteiger partial charge in [0.1, 0.15) is 5.76 Å². The van der Waals surface area contributed by atoms with Crippen molar-refractivity contribution in [3.8, 4) is 0 Å². The van der Waals surface area contributed by atoms with Crippen LogP contribution in [0.5, 0.6) is 0 Å². The second kappa shape index (κ2) is 3.27. The second-order valence-electron chi connectivity index (χ2n) is 3.16. The predicted molar refractivity (Wildman–Crippen MR) is 43.9 cm³/mol. The SMILES string of the molecule is OCCCc1nc2c(o1)CCC2. The van der Waals surface area contributed by atoms with Gasteiger partial charge in [0, 0.05) is 19.4 Å². The van der Waals surface area contributed by atoms with Gasteiger partial charge in [0.2, 0.25) is 0 Å². The third-order valence-electron chi connectivity index (χ3n) is 2.19. The Hall–Kier alpha value is -0.830. The average Bonchev–Trinajstić information content (AvgIpc) is 2.58. The first kappa shape index (κ1) is 7.80. The number of aliphatic hydroxyl groups is 1. The van der Waals surface area contributed by atoms with Crippen LogP contribution in [0.4, 0.5) is 0 Å². The Morgan fingerprint density at radius 2 is 2.33 bits per heavy atom. The summed E-state index contributed by atoms with van der Waals surface area (Å²) in [6, 6.07) is 0. The number of hydrogen-bond acceptors (Lipinski definition) is 3. The number of hydrogen-bond donors (Lipinski definition) is 1. The van der Waals surface area contributed by atoms with Crippen molar-refractivity contribution in [3.05, 3.63) is 17.3 Å². The van der Waals surface area contributed by atoms with Crippen LogP contribution in [0.25, 0.3) is 0 Å². The number of aryl methyl sites for hydroxylation is 3. The maximum absolute atomic E-state index is 8.61. The molecule has 0 unspecified atom stereocenters. The number of oxazole rings is 1. The van der Waals surface area contributed by atoms with Crippen molar-refractivity contribution in [3.63, 3.8) is 0 Å². The van der Waals surface area contributed by atoms with Crippen molar-refractivity contribution in [2.75, 3.05) is 6.61 Å². The van der Waals surface area contributed by atoms with Crippen molar-refractivity contribution >= 4 is 0 Å². The van der Waals surface area contributed by atoms with Crippen LogP contribution < -0.4 is 0 Å². The molecule has 0 spiro atoms. The summed E-state index contributed by atoms with van der Waals surface area (Å²) in [5, 5.41) is 8.61. The smallest absolute Gasteiger partial charge is 0.194 e. The lowest BCUT2D eigenvalue weighted by Gasteiger charge is -1.91. The second-order valence-corrected chi connectivity index (χ2v) is 3.16. The predicted octanol–water partition coefficient (Wildman–Crippen LogP) is 1.09. The van der Waals surface area contributed by atoms with Gasteiger partial charge in [-0.05, 0) is 19.3 Å². The van der Waals surface area contributed by atoms with E-state index in [1.807, 2.05) is 0 Å². The molecule has 66 valence electrons. The van der Waals surface area contributed by atoms with Gasteiger partial charge in [-0.1, -0.05) is 0 Å². The van der Waals surface area contributed by atoms with Crippen LogP contribution in [0.2, 0.25) is 0 Å². The number of fused-ring (bicyclic) bond motifs is 1. The highest BCUT2D eigenvalue weighted by atomic mass is 16.4. The lowest BCUT2D eigenvalue weighted by Crippen LogP contribution is -1.90. The van der Waals surface area contributed by atoms with Gasteiger partial charge < -0.3 is 9.52 Å². The Morgan fingerprint density at radius 1 is 1.42 bits per heavy atom. The molecule has 3 heteroatoms. The van der Waals surface area contributed by atoms with Crippen molar-refractivity contribution < 1.29 is 9.52 Å². The summed E-state index contributed by atoms with van der Waals surface area (Å²) < 4.78 is 5.51. The standard InChI is InChI=1S/C9H13NO2/c11-6-2-5-9-10-7-3-1-4-8(7)12-9/h11H,1-6H2. The van der Waals surface area contributed by atoms with E-state index >= 15 is 0 Å². The Bertz CT molecular complexity index is 246. The summed E-state index contributed by atoms with van der Waals surface area (Å²) in [5.41, 5.74) is 1.14. The zero-order chi connectivity index (χ0) is 8.39. The zero-order valence-electron chi connectivity index (χ0n) is 7.05. The summed E-state index contributed by atoms with van der Waals surface area (Å²) >= 11 is 0. The monoisotopic (exact) mass is 167 g/mol. The van der Waals surface area contributed by atoms with E-state index in [0.29, 0.717) is 0 Å². The van der Waals surface area contributed by atoms with E-state index in [4.69, 9.17) is 9.52 Å². The molecule has 1 aromatic rings. The van der Waals surface area contributed by atoms with Crippen LogP contribution in [0, 0.1) is 0 Å². The zero-order valence-corrected chi connectivity index (χ0v) is 7.05. The maximum atomic E-state index is 8.61. The molecule has 12 heavy (non-hydrogen) atoms. The van der Waals surface area contributed by atoms with Gasteiger partial charge in [0.15, 0.2) is 5.89 Å². The fourth-order valence-corrected chi connectivity index (χ4v) is 1.58. The van der Waals surface area contributed by atoms with Crippen LogP contribution in [0.1, 0.15) is 30.2 Å². The Balaban J connectivity index is 2.05. The van der Waals surface area contributed by atoms with Gasteiger partial charge in [-0.15, -0.1) is 0 Å². The molecule has 0 fully saturated rings. The average molecular weight is 167 g/mol. The highest BCUT2D eigenvalue weighted by Crippen LogP contribution is 2.22. The number of aliphatic hydroxyl groups excluding tert-OH is 1. The Morgan fingerprint density at radius 3 is 3.08 bits per heavy atom. The Kier molecular flexibility index (Phi) is 2.13. The number of aromatic nitrogens is 1. The van der Waals surface area contributed by atoms with Gasteiger partial charge in [-0.3, -0.25) is 0 Å². The van der Waals surface area contributed by atoms with Crippen molar-refractivity contribution in [2.45, 2.75) is 32.1 Å². The van der Waals surface area contributed by atoms with Crippen LogP contribution >= 0.6 is 0 Å². The molecule has 1 heterocycles. The lowest BCUT2D eigenvalue weighted by molar-refractivity contribution is 0.282. The molecule has 1 aromatic heterocycles. The van der Waals surface area contributed by atoms with Gasteiger partial charge >= 0.3 is 0 Å². The molecule has 0 atom stereocenters. The van der Waals surface area contributed by atoms with E-state index in [-0.39, 0.29) is 6.61 Å². The maximum Gasteiger partial charge on any atom is 0.194 e. The molecule has 1 N–H and O–H groups in total. The van der Waals surface area contributed by atoms with E-state index in [1.54, 1.807) is 0 Å². The molecular weight excluding hydrogens is 154 g/mol. The molecule has 0 radical (unpaired) electrons. The van der Waals surface area contributed by atoms with Crippen molar-refractivity contribution in [1.82, 2.24) is 4.98 Å². The Labute approximate surface area is 71.4 Å². The van der Waals surface area contributed by atoms with Crippen LogP contribution in [-0.4, -0.2) is 16.7 Å². The van der Waals surface area contributed by atoms with E-state index in [0.717, 1.165) is 43.0 Å². The molecule has 0 amide bonds. The molecule has 1 aliphatic carbocycles. The third-order valence-corrected chi connectivity index (χ3v) is 2.19. The highest BCUT2D eigenvalue weighted by Gasteiger charge is 2.17. The minimum Gasteiger partial charge on any atom is -0.445 e. The lowest BCUT2D eigenvalue weighted by atomic mass is 10.3. The molecule has 0 bridgehead atoms.